The van der Waals surface area contributed by atoms with Crippen LogP contribution >= 0.6 is 0 Å². The molecule has 0 spiro atoms. The van der Waals surface area contributed by atoms with Gasteiger partial charge in [-0.15, -0.1) is 0 Å². The quantitative estimate of drug-likeness (QED) is 0.360. The zero-order valence-electron chi connectivity index (χ0n) is 18.9. The van der Waals surface area contributed by atoms with E-state index in [1.807, 2.05) is 0 Å². The Morgan fingerprint density at radius 2 is 1.37 bits per heavy atom. The van der Waals surface area contributed by atoms with E-state index in [2.05, 4.69) is 31.2 Å². The minimum absolute atomic E-state index is 0.0477. The highest BCUT2D eigenvalue weighted by Gasteiger charge is 2.21. The molecule has 1 saturated carbocycles. The van der Waals surface area contributed by atoms with Gasteiger partial charge in [0.2, 0.25) is 0 Å². The van der Waals surface area contributed by atoms with Crippen LogP contribution in [-0.4, -0.2) is 58.0 Å². The molecule has 1 fully saturated rings. The van der Waals surface area contributed by atoms with Crippen molar-refractivity contribution in [3.63, 3.8) is 0 Å². The standard InChI is InChI=1S/C25H42O5/c1-2-3-4-5-22-6-8-23(9-7-22)24-10-12-25(13-11-24)30-21-20-29-19-18-28-17-16-27-15-14-26/h10-13,22-23,26H,2-9,14-21H2,1H3. The molecule has 0 saturated heterocycles. The van der Waals surface area contributed by atoms with Crippen LogP contribution < -0.4 is 4.74 Å². The van der Waals surface area contributed by atoms with Crippen LogP contribution in [0.4, 0.5) is 0 Å². The molecule has 1 aliphatic rings. The third-order valence-electron chi connectivity index (χ3n) is 5.89. The van der Waals surface area contributed by atoms with Crippen molar-refractivity contribution < 1.29 is 24.1 Å². The lowest BCUT2D eigenvalue weighted by atomic mass is 9.77. The van der Waals surface area contributed by atoms with Crippen molar-refractivity contribution in [3.05, 3.63) is 29.8 Å². The second-order valence-corrected chi connectivity index (χ2v) is 8.19. The summed E-state index contributed by atoms with van der Waals surface area (Å²) in [5.74, 6) is 2.59. The molecule has 1 aromatic rings. The van der Waals surface area contributed by atoms with Crippen LogP contribution in [0.15, 0.2) is 24.3 Å². The highest BCUT2D eigenvalue weighted by atomic mass is 16.6. The summed E-state index contributed by atoms with van der Waals surface area (Å²) in [6.07, 6.45) is 11.0. The predicted octanol–water partition coefficient (Wildman–Crippen LogP) is 4.96. The fourth-order valence-electron chi connectivity index (χ4n) is 4.13. The minimum Gasteiger partial charge on any atom is -0.491 e. The van der Waals surface area contributed by atoms with Crippen molar-refractivity contribution in [2.45, 2.75) is 64.2 Å². The van der Waals surface area contributed by atoms with Crippen molar-refractivity contribution in [3.8, 4) is 5.75 Å². The topological polar surface area (TPSA) is 57.2 Å². The molecule has 0 aromatic heterocycles. The van der Waals surface area contributed by atoms with Crippen LogP contribution in [0.25, 0.3) is 0 Å². The smallest absolute Gasteiger partial charge is 0.119 e. The number of aliphatic hydroxyl groups excluding tert-OH is 1. The Morgan fingerprint density at radius 3 is 1.97 bits per heavy atom. The summed E-state index contributed by atoms with van der Waals surface area (Å²) in [6.45, 7) is 5.89. The van der Waals surface area contributed by atoms with Gasteiger partial charge in [-0.2, -0.15) is 0 Å². The van der Waals surface area contributed by atoms with E-state index >= 15 is 0 Å². The van der Waals surface area contributed by atoms with Gasteiger partial charge in [0.15, 0.2) is 0 Å². The van der Waals surface area contributed by atoms with E-state index in [1.165, 1.54) is 56.9 Å². The zero-order chi connectivity index (χ0) is 21.3. The Kier molecular flexibility index (Phi) is 13.9. The molecule has 5 nitrogen and oxygen atoms in total. The van der Waals surface area contributed by atoms with Crippen LogP contribution in [-0.2, 0) is 14.2 Å². The van der Waals surface area contributed by atoms with E-state index in [0.717, 1.165) is 17.6 Å². The van der Waals surface area contributed by atoms with E-state index in [9.17, 15) is 0 Å². The maximum absolute atomic E-state index is 8.59. The van der Waals surface area contributed by atoms with E-state index in [4.69, 9.17) is 24.1 Å². The van der Waals surface area contributed by atoms with E-state index in [1.54, 1.807) is 0 Å². The van der Waals surface area contributed by atoms with Gasteiger partial charge < -0.3 is 24.1 Å². The molecule has 5 heteroatoms. The van der Waals surface area contributed by atoms with Crippen molar-refractivity contribution in [2.75, 3.05) is 52.9 Å². The second kappa shape index (κ2) is 16.5. The minimum atomic E-state index is 0.0477. The average Bonchev–Trinajstić information content (AvgIpc) is 2.79. The fraction of sp³-hybridized carbons (Fsp3) is 0.760. The van der Waals surface area contributed by atoms with E-state index in [-0.39, 0.29) is 6.61 Å². The van der Waals surface area contributed by atoms with Gasteiger partial charge >= 0.3 is 0 Å². The first kappa shape index (κ1) is 25.1. The molecule has 0 heterocycles. The number of aliphatic hydroxyl groups is 1. The Labute approximate surface area is 183 Å². The summed E-state index contributed by atoms with van der Waals surface area (Å²) in [7, 11) is 0. The van der Waals surface area contributed by atoms with Gasteiger partial charge in [0, 0.05) is 0 Å². The fourth-order valence-corrected chi connectivity index (χ4v) is 4.13. The van der Waals surface area contributed by atoms with Crippen molar-refractivity contribution in [1.82, 2.24) is 0 Å². The Bertz CT molecular complexity index is 511. The SMILES string of the molecule is CCCCCC1CCC(c2ccc(OCCOCCOCCOCCO)cc2)CC1. The molecule has 30 heavy (non-hydrogen) atoms. The molecule has 0 aliphatic heterocycles. The monoisotopic (exact) mass is 422 g/mol. The van der Waals surface area contributed by atoms with E-state index in [0.29, 0.717) is 46.2 Å². The van der Waals surface area contributed by atoms with Crippen LogP contribution in [0.5, 0.6) is 5.75 Å². The summed E-state index contributed by atoms with van der Waals surface area (Å²) in [6, 6.07) is 8.67. The first-order valence-corrected chi connectivity index (χ1v) is 11.9. The van der Waals surface area contributed by atoms with Gasteiger partial charge in [-0.25, -0.2) is 0 Å². The molecule has 1 aliphatic carbocycles. The molecule has 2 rings (SSSR count). The number of rotatable bonds is 17. The number of hydrogen-bond donors (Lipinski definition) is 1. The highest BCUT2D eigenvalue weighted by Crippen LogP contribution is 2.38. The highest BCUT2D eigenvalue weighted by molar-refractivity contribution is 5.29. The average molecular weight is 423 g/mol. The first-order valence-electron chi connectivity index (χ1n) is 11.9. The number of benzene rings is 1. The summed E-state index contributed by atoms with van der Waals surface area (Å²) in [5.41, 5.74) is 1.46. The molecule has 0 unspecified atom stereocenters. The predicted molar refractivity (Wildman–Crippen MR) is 120 cm³/mol. The van der Waals surface area contributed by atoms with Gasteiger partial charge in [0.1, 0.15) is 12.4 Å². The van der Waals surface area contributed by atoms with Crippen LogP contribution in [0.3, 0.4) is 0 Å². The van der Waals surface area contributed by atoms with Gasteiger partial charge in [0.05, 0.1) is 46.2 Å². The lowest BCUT2D eigenvalue weighted by Crippen LogP contribution is -2.14. The molecule has 1 N–H and O–H groups in total. The van der Waals surface area contributed by atoms with Crippen LogP contribution in [0, 0.1) is 5.92 Å². The third-order valence-corrected chi connectivity index (χ3v) is 5.89. The largest absolute Gasteiger partial charge is 0.491 e. The van der Waals surface area contributed by atoms with Crippen molar-refractivity contribution >= 4 is 0 Å². The van der Waals surface area contributed by atoms with Gasteiger partial charge in [-0.05, 0) is 55.2 Å². The number of unbranched alkanes of at least 4 members (excludes halogenated alkanes) is 2. The maximum atomic E-state index is 8.59. The third kappa shape index (κ3) is 10.8. The molecule has 172 valence electrons. The number of ether oxygens (including phenoxy) is 4. The van der Waals surface area contributed by atoms with Crippen LogP contribution in [0.1, 0.15) is 69.8 Å². The summed E-state index contributed by atoms with van der Waals surface area (Å²) in [4.78, 5) is 0. The Hall–Kier alpha value is -1.14. The summed E-state index contributed by atoms with van der Waals surface area (Å²) >= 11 is 0. The molecule has 0 radical (unpaired) electrons. The maximum Gasteiger partial charge on any atom is 0.119 e. The van der Waals surface area contributed by atoms with E-state index < -0.39 is 0 Å². The second-order valence-electron chi connectivity index (χ2n) is 8.19. The molecule has 0 amide bonds. The Morgan fingerprint density at radius 1 is 0.767 bits per heavy atom. The molecular weight excluding hydrogens is 380 g/mol. The van der Waals surface area contributed by atoms with Gasteiger partial charge in [0.25, 0.3) is 0 Å². The Balaban J connectivity index is 1.50. The van der Waals surface area contributed by atoms with Gasteiger partial charge in [-0.3, -0.25) is 0 Å². The molecule has 0 atom stereocenters. The molecule has 1 aromatic carbocycles. The molecular formula is C25H42O5. The molecule has 0 bridgehead atoms. The lowest BCUT2D eigenvalue weighted by molar-refractivity contribution is 0.00361. The van der Waals surface area contributed by atoms with Crippen molar-refractivity contribution in [2.24, 2.45) is 5.92 Å². The van der Waals surface area contributed by atoms with Gasteiger partial charge in [-0.1, -0.05) is 44.7 Å². The summed E-state index contributed by atoms with van der Waals surface area (Å²) < 4.78 is 21.8. The number of hydrogen-bond acceptors (Lipinski definition) is 5. The summed E-state index contributed by atoms with van der Waals surface area (Å²) in [5, 5.41) is 8.59. The normalized spacial score (nSPS) is 19.1. The van der Waals surface area contributed by atoms with Crippen LogP contribution in [0.2, 0.25) is 0 Å². The zero-order valence-corrected chi connectivity index (χ0v) is 18.9. The lowest BCUT2D eigenvalue weighted by Gasteiger charge is -2.29. The first-order chi connectivity index (χ1) is 14.8. The van der Waals surface area contributed by atoms with Crippen molar-refractivity contribution in [1.29, 1.82) is 0 Å².